The molecule has 0 amide bonds. The zero-order chi connectivity index (χ0) is 12.8. The van der Waals surface area contributed by atoms with Crippen LogP contribution in [0.3, 0.4) is 0 Å². The van der Waals surface area contributed by atoms with Crippen LogP contribution in [-0.4, -0.2) is 37.1 Å². The molecule has 0 aromatic carbocycles. The molecule has 0 aromatic heterocycles. The Hall–Kier alpha value is -0.0800. The molecule has 0 saturated carbocycles. The molecule has 0 aliphatic heterocycles. The van der Waals surface area contributed by atoms with Crippen LogP contribution in [0.5, 0.6) is 0 Å². The Balaban J connectivity index is 4.03. The third kappa shape index (κ3) is 7.24. The first-order valence-electron chi connectivity index (χ1n) is 6.72. The molecule has 0 aromatic rings. The molecular weight excluding hydrogens is 196 g/mol. The highest BCUT2D eigenvalue weighted by Gasteiger charge is 2.22. The standard InChI is InChI=1S/C14H32N2/c1-8-9-13(4)16(7)11-14(5,6)10-15-12(2)3/h12-13,15H,8-11H2,1-7H3. The highest BCUT2D eigenvalue weighted by Crippen LogP contribution is 2.17. The number of rotatable bonds is 8. The molecule has 0 heterocycles. The zero-order valence-corrected chi connectivity index (χ0v) is 12.4. The van der Waals surface area contributed by atoms with E-state index in [1.165, 1.54) is 12.8 Å². The van der Waals surface area contributed by atoms with Gasteiger partial charge in [0.2, 0.25) is 0 Å². The van der Waals surface area contributed by atoms with E-state index >= 15 is 0 Å². The summed E-state index contributed by atoms with van der Waals surface area (Å²) < 4.78 is 0. The summed E-state index contributed by atoms with van der Waals surface area (Å²) in [5.41, 5.74) is 0.348. The molecule has 2 heteroatoms. The summed E-state index contributed by atoms with van der Waals surface area (Å²) in [7, 11) is 2.25. The molecule has 98 valence electrons. The summed E-state index contributed by atoms with van der Waals surface area (Å²) in [6, 6.07) is 1.28. The molecule has 0 bridgehead atoms. The first-order valence-corrected chi connectivity index (χ1v) is 6.72. The molecule has 16 heavy (non-hydrogen) atoms. The van der Waals surface area contributed by atoms with Crippen molar-refractivity contribution in [2.75, 3.05) is 20.1 Å². The van der Waals surface area contributed by atoms with Crippen molar-refractivity contribution in [1.29, 1.82) is 0 Å². The third-order valence-electron chi connectivity index (χ3n) is 3.13. The number of hydrogen-bond donors (Lipinski definition) is 1. The van der Waals surface area contributed by atoms with Crippen LogP contribution in [0.15, 0.2) is 0 Å². The molecular formula is C14H32N2. The van der Waals surface area contributed by atoms with Crippen LogP contribution in [0.25, 0.3) is 0 Å². The van der Waals surface area contributed by atoms with Gasteiger partial charge in [-0.1, -0.05) is 41.0 Å². The van der Waals surface area contributed by atoms with Gasteiger partial charge in [0, 0.05) is 25.2 Å². The fourth-order valence-corrected chi connectivity index (χ4v) is 2.01. The molecule has 2 nitrogen and oxygen atoms in total. The predicted molar refractivity (Wildman–Crippen MR) is 73.9 cm³/mol. The molecule has 0 radical (unpaired) electrons. The molecule has 1 atom stereocenters. The number of nitrogens with zero attached hydrogens (tertiary/aromatic N) is 1. The lowest BCUT2D eigenvalue weighted by Crippen LogP contribution is -2.43. The Kier molecular flexibility index (Phi) is 7.25. The van der Waals surface area contributed by atoms with Gasteiger partial charge in [-0.15, -0.1) is 0 Å². The van der Waals surface area contributed by atoms with E-state index in [9.17, 15) is 0 Å². The van der Waals surface area contributed by atoms with E-state index in [0.717, 1.165) is 13.1 Å². The monoisotopic (exact) mass is 228 g/mol. The average Bonchev–Trinajstić information content (AvgIpc) is 2.14. The van der Waals surface area contributed by atoms with Gasteiger partial charge in [-0.3, -0.25) is 0 Å². The molecule has 0 rings (SSSR count). The van der Waals surface area contributed by atoms with Crippen molar-refractivity contribution < 1.29 is 0 Å². The largest absolute Gasteiger partial charge is 0.314 e. The maximum atomic E-state index is 3.54. The minimum Gasteiger partial charge on any atom is -0.314 e. The second-order valence-corrected chi connectivity index (χ2v) is 6.25. The van der Waals surface area contributed by atoms with E-state index in [1.807, 2.05) is 0 Å². The van der Waals surface area contributed by atoms with Gasteiger partial charge in [-0.2, -0.15) is 0 Å². The summed E-state index contributed by atoms with van der Waals surface area (Å²) in [5, 5.41) is 3.54. The lowest BCUT2D eigenvalue weighted by Gasteiger charge is -2.34. The molecule has 0 spiro atoms. The van der Waals surface area contributed by atoms with Crippen LogP contribution in [0.2, 0.25) is 0 Å². The quantitative estimate of drug-likeness (QED) is 0.686. The Morgan fingerprint density at radius 2 is 1.75 bits per heavy atom. The van der Waals surface area contributed by atoms with Crippen molar-refractivity contribution >= 4 is 0 Å². The molecule has 0 aliphatic carbocycles. The Labute approximate surface area is 103 Å². The Morgan fingerprint density at radius 3 is 2.19 bits per heavy atom. The van der Waals surface area contributed by atoms with E-state index in [-0.39, 0.29) is 0 Å². The lowest BCUT2D eigenvalue weighted by atomic mass is 9.91. The van der Waals surface area contributed by atoms with Crippen LogP contribution in [0.1, 0.15) is 54.4 Å². The van der Waals surface area contributed by atoms with Gasteiger partial charge in [0.15, 0.2) is 0 Å². The number of nitrogens with one attached hydrogen (secondary N) is 1. The van der Waals surface area contributed by atoms with Gasteiger partial charge in [-0.05, 0) is 25.8 Å². The fraction of sp³-hybridized carbons (Fsp3) is 1.00. The molecule has 0 fully saturated rings. The summed E-state index contributed by atoms with van der Waals surface area (Å²) >= 11 is 0. The SMILES string of the molecule is CCCC(C)N(C)CC(C)(C)CNC(C)C. The molecule has 1 N–H and O–H groups in total. The maximum absolute atomic E-state index is 3.54. The van der Waals surface area contributed by atoms with Crippen molar-refractivity contribution in [2.45, 2.75) is 66.5 Å². The van der Waals surface area contributed by atoms with Crippen LogP contribution in [0.4, 0.5) is 0 Å². The van der Waals surface area contributed by atoms with E-state index in [1.54, 1.807) is 0 Å². The van der Waals surface area contributed by atoms with Gasteiger partial charge in [0.05, 0.1) is 0 Å². The topological polar surface area (TPSA) is 15.3 Å². The minimum absolute atomic E-state index is 0.348. The predicted octanol–water partition coefficient (Wildman–Crippen LogP) is 3.13. The maximum Gasteiger partial charge on any atom is 0.00640 e. The van der Waals surface area contributed by atoms with Crippen LogP contribution >= 0.6 is 0 Å². The highest BCUT2D eigenvalue weighted by molar-refractivity contribution is 4.78. The molecule has 0 saturated heterocycles. The Bertz CT molecular complexity index is 176. The highest BCUT2D eigenvalue weighted by atomic mass is 15.1. The van der Waals surface area contributed by atoms with E-state index in [4.69, 9.17) is 0 Å². The summed E-state index contributed by atoms with van der Waals surface area (Å²) in [4.78, 5) is 2.49. The minimum atomic E-state index is 0.348. The first kappa shape index (κ1) is 15.9. The summed E-state index contributed by atoms with van der Waals surface area (Å²) in [6.45, 7) is 15.9. The van der Waals surface area contributed by atoms with Gasteiger partial charge in [-0.25, -0.2) is 0 Å². The van der Waals surface area contributed by atoms with E-state index in [2.05, 4.69) is 58.8 Å². The first-order chi connectivity index (χ1) is 7.28. The molecule has 0 aliphatic rings. The average molecular weight is 228 g/mol. The summed E-state index contributed by atoms with van der Waals surface area (Å²) in [6.07, 6.45) is 2.57. The lowest BCUT2D eigenvalue weighted by molar-refractivity contribution is 0.157. The van der Waals surface area contributed by atoms with Gasteiger partial charge in [0.25, 0.3) is 0 Å². The van der Waals surface area contributed by atoms with Crippen LogP contribution < -0.4 is 5.32 Å². The molecule has 1 unspecified atom stereocenters. The fourth-order valence-electron chi connectivity index (χ4n) is 2.01. The van der Waals surface area contributed by atoms with Crippen LogP contribution in [-0.2, 0) is 0 Å². The summed E-state index contributed by atoms with van der Waals surface area (Å²) in [5.74, 6) is 0. The van der Waals surface area contributed by atoms with E-state index in [0.29, 0.717) is 17.5 Å². The second kappa shape index (κ2) is 7.29. The zero-order valence-electron chi connectivity index (χ0n) is 12.4. The second-order valence-electron chi connectivity index (χ2n) is 6.25. The number of hydrogen-bond acceptors (Lipinski definition) is 2. The van der Waals surface area contributed by atoms with Crippen LogP contribution in [0, 0.1) is 5.41 Å². The Morgan fingerprint density at radius 1 is 1.19 bits per heavy atom. The van der Waals surface area contributed by atoms with Gasteiger partial charge in [0.1, 0.15) is 0 Å². The van der Waals surface area contributed by atoms with E-state index < -0.39 is 0 Å². The van der Waals surface area contributed by atoms with Crippen molar-refractivity contribution in [3.8, 4) is 0 Å². The van der Waals surface area contributed by atoms with Gasteiger partial charge < -0.3 is 10.2 Å². The van der Waals surface area contributed by atoms with Crippen molar-refractivity contribution in [3.05, 3.63) is 0 Å². The van der Waals surface area contributed by atoms with Crippen molar-refractivity contribution in [3.63, 3.8) is 0 Å². The van der Waals surface area contributed by atoms with Gasteiger partial charge >= 0.3 is 0 Å². The smallest absolute Gasteiger partial charge is 0.00640 e. The third-order valence-corrected chi connectivity index (χ3v) is 3.13. The van der Waals surface area contributed by atoms with Crippen molar-refractivity contribution in [1.82, 2.24) is 10.2 Å². The normalized spacial score (nSPS) is 14.8. The van der Waals surface area contributed by atoms with Crippen molar-refractivity contribution in [2.24, 2.45) is 5.41 Å².